The molecule has 0 radical (unpaired) electrons. The van der Waals surface area contributed by atoms with Gasteiger partial charge in [0.1, 0.15) is 6.10 Å². The van der Waals surface area contributed by atoms with Gasteiger partial charge in [0, 0.05) is 12.3 Å². The minimum atomic E-state index is -0.911. The number of carbonyl (C=O) groups is 1. The summed E-state index contributed by atoms with van der Waals surface area (Å²) in [6.45, 7) is 1.24. The number of hydrogen-bond acceptors (Lipinski definition) is 7. The second-order valence-corrected chi connectivity index (χ2v) is 7.45. The Morgan fingerprint density at radius 3 is 2.50 bits per heavy atom. The van der Waals surface area contributed by atoms with E-state index in [1.165, 1.54) is 0 Å². The van der Waals surface area contributed by atoms with Crippen molar-refractivity contribution >= 4 is 5.97 Å². The van der Waals surface area contributed by atoms with Crippen LogP contribution in [0, 0.1) is 11.8 Å². The van der Waals surface area contributed by atoms with Gasteiger partial charge in [0.2, 0.25) is 0 Å². The topological polar surface area (TPSA) is 127 Å². The van der Waals surface area contributed by atoms with Crippen LogP contribution >= 0.6 is 0 Å². The van der Waals surface area contributed by atoms with Gasteiger partial charge < -0.3 is 30.3 Å². The number of esters is 1. The minimum Gasteiger partial charge on any atom is -0.457 e. The standard InChI is InChI=1S/C21H36O7/c1-2-3-4-7-15(24)10-11-18-17(19(25)12-20(18)26)8-5-6-9-21(27)28-16(13-22)14-23/h5-6,10-11,15-20,22-26H,2-4,7-9,12-14H2,1H3/b6-5-,11-10+/t15-,17+,18-,19+,20-/m1/s1. The van der Waals surface area contributed by atoms with Crippen molar-refractivity contribution in [3.05, 3.63) is 24.3 Å². The Hall–Kier alpha value is -1.25. The lowest BCUT2D eigenvalue weighted by molar-refractivity contribution is -0.152. The molecule has 1 aliphatic rings. The van der Waals surface area contributed by atoms with Crippen LogP contribution in [0.15, 0.2) is 24.3 Å². The molecule has 28 heavy (non-hydrogen) atoms. The van der Waals surface area contributed by atoms with Gasteiger partial charge in [0.15, 0.2) is 0 Å². The Bertz CT molecular complexity index is 487. The van der Waals surface area contributed by atoms with Crippen LogP contribution in [0.4, 0.5) is 0 Å². The van der Waals surface area contributed by atoms with E-state index in [0.717, 1.165) is 19.3 Å². The summed E-state index contributed by atoms with van der Waals surface area (Å²) in [5.41, 5.74) is 0. The quantitative estimate of drug-likeness (QED) is 0.178. The molecule has 0 amide bonds. The van der Waals surface area contributed by atoms with Crippen LogP contribution in [0.5, 0.6) is 0 Å². The molecule has 1 saturated carbocycles. The van der Waals surface area contributed by atoms with Gasteiger partial charge in [-0.15, -0.1) is 0 Å². The second-order valence-electron chi connectivity index (χ2n) is 7.45. The zero-order chi connectivity index (χ0) is 20.9. The average molecular weight is 401 g/mol. The molecule has 162 valence electrons. The largest absolute Gasteiger partial charge is 0.457 e. The second kappa shape index (κ2) is 13.8. The monoisotopic (exact) mass is 400 g/mol. The van der Waals surface area contributed by atoms with E-state index >= 15 is 0 Å². The van der Waals surface area contributed by atoms with Crippen molar-refractivity contribution < 1.29 is 35.1 Å². The number of aliphatic hydroxyl groups excluding tert-OH is 5. The van der Waals surface area contributed by atoms with E-state index in [2.05, 4.69) is 6.92 Å². The first-order valence-corrected chi connectivity index (χ1v) is 10.2. The number of allylic oxidation sites excluding steroid dienone is 1. The van der Waals surface area contributed by atoms with E-state index in [1.54, 1.807) is 24.3 Å². The van der Waals surface area contributed by atoms with Crippen LogP contribution in [0.2, 0.25) is 0 Å². The van der Waals surface area contributed by atoms with Crippen LogP contribution in [0.3, 0.4) is 0 Å². The molecular weight excluding hydrogens is 364 g/mol. The highest BCUT2D eigenvalue weighted by molar-refractivity contribution is 5.71. The molecule has 0 aliphatic heterocycles. The maximum atomic E-state index is 11.6. The van der Waals surface area contributed by atoms with Crippen LogP contribution in [0.1, 0.15) is 51.9 Å². The third kappa shape index (κ3) is 8.84. The van der Waals surface area contributed by atoms with Crippen molar-refractivity contribution in [3.63, 3.8) is 0 Å². The van der Waals surface area contributed by atoms with Gasteiger partial charge in [-0.05, 0) is 18.8 Å². The van der Waals surface area contributed by atoms with E-state index in [0.29, 0.717) is 12.8 Å². The number of aliphatic hydroxyl groups is 5. The van der Waals surface area contributed by atoms with Crippen LogP contribution in [-0.2, 0) is 9.53 Å². The van der Waals surface area contributed by atoms with Gasteiger partial charge in [0.25, 0.3) is 0 Å². The summed E-state index contributed by atoms with van der Waals surface area (Å²) in [4.78, 5) is 11.6. The molecule has 1 aliphatic carbocycles. The lowest BCUT2D eigenvalue weighted by Gasteiger charge is -2.19. The maximum Gasteiger partial charge on any atom is 0.310 e. The van der Waals surface area contributed by atoms with Gasteiger partial charge >= 0.3 is 5.97 Å². The molecule has 0 aromatic heterocycles. The number of hydrogen-bond donors (Lipinski definition) is 5. The van der Waals surface area contributed by atoms with Crippen molar-refractivity contribution in [3.8, 4) is 0 Å². The molecule has 0 aromatic carbocycles. The van der Waals surface area contributed by atoms with Gasteiger partial charge in [-0.2, -0.15) is 0 Å². The molecule has 1 rings (SSSR count). The van der Waals surface area contributed by atoms with Crippen LogP contribution in [-0.4, -0.2) is 69.1 Å². The third-order valence-corrected chi connectivity index (χ3v) is 5.14. The van der Waals surface area contributed by atoms with E-state index in [1.807, 2.05) is 0 Å². The fourth-order valence-electron chi connectivity index (χ4n) is 3.46. The number of unbranched alkanes of at least 4 members (excludes halogenated alkanes) is 2. The molecule has 7 nitrogen and oxygen atoms in total. The van der Waals surface area contributed by atoms with Crippen molar-refractivity contribution in [1.82, 2.24) is 0 Å². The Kier molecular flexibility index (Phi) is 12.3. The molecule has 0 bridgehead atoms. The highest BCUT2D eigenvalue weighted by Gasteiger charge is 2.39. The molecule has 0 aromatic rings. The first-order chi connectivity index (χ1) is 13.4. The summed E-state index contributed by atoms with van der Waals surface area (Å²) < 4.78 is 4.87. The van der Waals surface area contributed by atoms with Gasteiger partial charge in [-0.25, -0.2) is 0 Å². The van der Waals surface area contributed by atoms with Crippen molar-refractivity contribution in [2.75, 3.05) is 13.2 Å². The summed E-state index contributed by atoms with van der Waals surface area (Å²) in [5.74, 6) is -0.993. The van der Waals surface area contributed by atoms with E-state index < -0.39 is 43.6 Å². The Morgan fingerprint density at radius 2 is 1.86 bits per heavy atom. The first-order valence-electron chi connectivity index (χ1n) is 10.2. The predicted octanol–water partition coefficient (Wildman–Crippen LogP) is 1.07. The lowest BCUT2D eigenvalue weighted by atomic mass is 9.89. The number of carbonyl (C=O) groups excluding carboxylic acids is 1. The molecular formula is C21H36O7. The zero-order valence-corrected chi connectivity index (χ0v) is 16.7. The van der Waals surface area contributed by atoms with Gasteiger partial charge in [-0.1, -0.05) is 50.5 Å². The predicted molar refractivity (Wildman–Crippen MR) is 105 cm³/mol. The van der Waals surface area contributed by atoms with E-state index in [-0.39, 0.29) is 24.7 Å². The molecule has 0 saturated heterocycles. The van der Waals surface area contributed by atoms with Crippen LogP contribution < -0.4 is 0 Å². The molecule has 0 spiro atoms. The lowest BCUT2D eigenvalue weighted by Crippen LogP contribution is -2.25. The summed E-state index contributed by atoms with van der Waals surface area (Å²) in [6, 6.07) is 0. The number of ether oxygens (including phenoxy) is 1. The van der Waals surface area contributed by atoms with Crippen molar-refractivity contribution in [1.29, 1.82) is 0 Å². The fourth-order valence-corrected chi connectivity index (χ4v) is 3.46. The zero-order valence-electron chi connectivity index (χ0n) is 16.7. The Morgan fingerprint density at radius 1 is 1.14 bits per heavy atom. The molecule has 5 N–H and O–H groups in total. The van der Waals surface area contributed by atoms with Crippen molar-refractivity contribution in [2.45, 2.75) is 76.3 Å². The van der Waals surface area contributed by atoms with E-state index in [9.17, 15) is 20.1 Å². The minimum absolute atomic E-state index is 0.00147. The smallest absolute Gasteiger partial charge is 0.310 e. The summed E-state index contributed by atoms with van der Waals surface area (Å²) >= 11 is 0. The normalized spacial score (nSPS) is 26.5. The highest BCUT2D eigenvalue weighted by Crippen LogP contribution is 2.36. The number of rotatable bonds is 13. The van der Waals surface area contributed by atoms with Crippen molar-refractivity contribution in [2.24, 2.45) is 11.8 Å². The molecule has 1 fully saturated rings. The first kappa shape index (κ1) is 24.8. The molecule has 7 heteroatoms. The average Bonchev–Trinajstić information content (AvgIpc) is 2.94. The summed E-state index contributed by atoms with van der Waals surface area (Å²) in [5, 5.41) is 48.3. The molecule has 5 atom stereocenters. The maximum absolute atomic E-state index is 11.6. The Labute approximate surface area is 167 Å². The Balaban J connectivity index is 2.51. The van der Waals surface area contributed by atoms with Gasteiger partial charge in [-0.3, -0.25) is 4.79 Å². The third-order valence-electron chi connectivity index (χ3n) is 5.14. The summed E-state index contributed by atoms with van der Waals surface area (Å²) in [6.07, 6.45) is 8.69. The van der Waals surface area contributed by atoms with Gasteiger partial charge in [0.05, 0.1) is 37.9 Å². The van der Waals surface area contributed by atoms with E-state index in [4.69, 9.17) is 14.9 Å². The van der Waals surface area contributed by atoms with Crippen LogP contribution in [0.25, 0.3) is 0 Å². The SMILES string of the molecule is CCCCC[C@@H](O)/C=C/[C@@H]1[C@H](C/C=C\CC(=O)OC(CO)CO)[C@@H](O)C[C@H]1O. The fraction of sp³-hybridized carbons (Fsp3) is 0.762. The molecule has 0 heterocycles. The highest BCUT2D eigenvalue weighted by atomic mass is 16.6. The molecule has 0 unspecified atom stereocenters. The summed E-state index contributed by atoms with van der Waals surface area (Å²) in [7, 11) is 0.